The molecule has 0 aromatic rings. The van der Waals surface area contributed by atoms with Gasteiger partial charge in [-0.2, -0.15) is 0 Å². The lowest BCUT2D eigenvalue weighted by atomic mass is 9.81. The summed E-state index contributed by atoms with van der Waals surface area (Å²) < 4.78 is 6.08. The fourth-order valence-corrected chi connectivity index (χ4v) is 5.01. The maximum Gasteiger partial charge on any atom is 0.310 e. The summed E-state index contributed by atoms with van der Waals surface area (Å²) in [6, 6.07) is 0. The zero-order valence-electron chi connectivity index (χ0n) is 12.7. The highest BCUT2D eigenvalue weighted by Crippen LogP contribution is 2.55. The van der Waals surface area contributed by atoms with E-state index in [4.69, 9.17) is 18.6 Å². The van der Waals surface area contributed by atoms with Crippen LogP contribution in [0, 0.1) is 49.4 Å². The van der Waals surface area contributed by atoms with Crippen molar-refractivity contribution in [3.8, 4) is 0 Å². The van der Waals surface area contributed by atoms with Crippen LogP contribution in [0.4, 0.5) is 0 Å². The molecular formula is C18H26O2. The SMILES string of the molecule is [CH]C1CC([CH])C(C(=O)OC2(CC)CC3CCC2C3)C1C. The first-order chi connectivity index (χ1) is 9.47. The van der Waals surface area contributed by atoms with Crippen LogP contribution in [0.1, 0.15) is 52.4 Å². The van der Waals surface area contributed by atoms with Gasteiger partial charge in [-0.25, -0.2) is 0 Å². The maximum atomic E-state index is 12.7. The summed E-state index contributed by atoms with van der Waals surface area (Å²) in [5.74, 6) is 1.05. The van der Waals surface area contributed by atoms with Crippen LogP contribution in [-0.2, 0) is 9.53 Å². The van der Waals surface area contributed by atoms with Gasteiger partial charge in [-0.1, -0.05) is 13.8 Å². The van der Waals surface area contributed by atoms with E-state index in [1.807, 2.05) is 6.92 Å². The molecule has 2 nitrogen and oxygen atoms in total. The van der Waals surface area contributed by atoms with Gasteiger partial charge in [-0.15, -0.1) is 0 Å². The number of hydrogen-bond acceptors (Lipinski definition) is 2. The summed E-state index contributed by atoms with van der Waals surface area (Å²) in [5.41, 5.74) is -0.202. The molecule has 3 rings (SSSR count). The Hall–Kier alpha value is -0.530. The predicted molar refractivity (Wildman–Crippen MR) is 77.4 cm³/mol. The summed E-state index contributed by atoms with van der Waals surface area (Å²) in [4.78, 5) is 12.7. The van der Waals surface area contributed by atoms with Crippen molar-refractivity contribution in [3.63, 3.8) is 0 Å². The van der Waals surface area contributed by atoms with E-state index < -0.39 is 0 Å². The summed E-state index contributed by atoms with van der Waals surface area (Å²) in [7, 11) is 0. The van der Waals surface area contributed by atoms with E-state index in [1.165, 1.54) is 19.3 Å². The molecule has 2 bridgehead atoms. The summed E-state index contributed by atoms with van der Waals surface area (Å²) >= 11 is 0. The van der Waals surface area contributed by atoms with E-state index in [-0.39, 0.29) is 35.2 Å². The van der Waals surface area contributed by atoms with Gasteiger partial charge in [0.25, 0.3) is 0 Å². The monoisotopic (exact) mass is 274 g/mol. The van der Waals surface area contributed by atoms with Crippen molar-refractivity contribution in [2.75, 3.05) is 0 Å². The summed E-state index contributed by atoms with van der Waals surface area (Å²) in [6.07, 6.45) is 6.50. The first-order valence-corrected chi connectivity index (χ1v) is 8.21. The second kappa shape index (κ2) is 5.03. The van der Waals surface area contributed by atoms with Crippen LogP contribution in [0.5, 0.6) is 0 Å². The summed E-state index contributed by atoms with van der Waals surface area (Å²) in [5, 5.41) is 0. The van der Waals surface area contributed by atoms with Crippen molar-refractivity contribution >= 4 is 5.97 Å². The van der Waals surface area contributed by atoms with Gasteiger partial charge in [0.15, 0.2) is 0 Å². The first-order valence-electron chi connectivity index (χ1n) is 8.21. The minimum absolute atomic E-state index is 0.0279. The highest BCUT2D eigenvalue weighted by molar-refractivity contribution is 5.74. The number of esters is 1. The average molecular weight is 274 g/mol. The zero-order chi connectivity index (χ0) is 14.5. The normalized spacial score (nSPS) is 50.6. The molecule has 3 fully saturated rings. The van der Waals surface area contributed by atoms with Gasteiger partial charge in [0.2, 0.25) is 0 Å². The smallest absolute Gasteiger partial charge is 0.310 e. The fourth-order valence-electron chi connectivity index (χ4n) is 5.01. The van der Waals surface area contributed by atoms with Gasteiger partial charge in [-0.05, 0) is 82.0 Å². The van der Waals surface area contributed by atoms with Crippen molar-refractivity contribution in [3.05, 3.63) is 13.8 Å². The molecule has 0 N–H and O–H groups in total. The molecule has 3 aliphatic carbocycles. The lowest BCUT2D eigenvalue weighted by molar-refractivity contribution is -0.174. The molecule has 2 heteroatoms. The molecule has 20 heavy (non-hydrogen) atoms. The number of fused-ring (bicyclic) bond motifs is 2. The van der Waals surface area contributed by atoms with Gasteiger partial charge in [0.05, 0.1) is 5.92 Å². The number of rotatable bonds is 3. The van der Waals surface area contributed by atoms with Gasteiger partial charge in [0.1, 0.15) is 5.60 Å². The number of ether oxygens (including phenoxy) is 1. The van der Waals surface area contributed by atoms with Crippen molar-refractivity contribution in [2.24, 2.45) is 35.5 Å². The average Bonchev–Trinajstić information content (AvgIpc) is 3.05. The number of hydrogen-bond donors (Lipinski definition) is 0. The quantitative estimate of drug-likeness (QED) is 0.732. The van der Waals surface area contributed by atoms with Gasteiger partial charge >= 0.3 is 5.97 Å². The molecule has 0 amide bonds. The van der Waals surface area contributed by atoms with Crippen LogP contribution in [0.2, 0.25) is 0 Å². The molecule has 3 saturated carbocycles. The van der Waals surface area contributed by atoms with Gasteiger partial charge in [-0.3, -0.25) is 4.79 Å². The number of carbonyl (C=O) groups is 1. The Kier molecular flexibility index (Phi) is 3.63. The lowest BCUT2D eigenvalue weighted by Crippen LogP contribution is -2.42. The van der Waals surface area contributed by atoms with E-state index in [9.17, 15) is 4.79 Å². The van der Waals surface area contributed by atoms with Crippen LogP contribution in [0.15, 0.2) is 0 Å². The highest BCUT2D eigenvalue weighted by Gasteiger charge is 2.54. The molecule has 4 radical (unpaired) electrons. The first kappa shape index (κ1) is 14.4. The minimum atomic E-state index is -0.215. The molecule has 7 unspecified atom stereocenters. The predicted octanol–water partition coefficient (Wildman–Crippen LogP) is 3.81. The zero-order valence-corrected chi connectivity index (χ0v) is 12.7. The Morgan fingerprint density at radius 1 is 1.25 bits per heavy atom. The second-order valence-corrected chi connectivity index (χ2v) is 7.37. The standard InChI is InChI=1S/C18H26O2/c1-5-18(10-14-6-7-15(18)9-14)20-17(19)16-12(3)8-11(2)13(16)4/h2-3,11-16H,5-10H2,1,4H3. The van der Waals surface area contributed by atoms with E-state index in [0.29, 0.717) is 5.92 Å². The van der Waals surface area contributed by atoms with Crippen LogP contribution in [0.25, 0.3) is 0 Å². The van der Waals surface area contributed by atoms with Gasteiger partial charge in [0, 0.05) is 0 Å². The van der Waals surface area contributed by atoms with E-state index >= 15 is 0 Å². The topological polar surface area (TPSA) is 26.3 Å². The lowest BCUT2D eigenvalue weighted by Gasteiger charge is -2.38. The highest BCUT2D eigenvalue weighted by atomic mass is 16.6. The second-order valence-electron chi connectivity index (χ2n) is 7.37. The molecule has 3 aliphatic rings. The van der Waals surface area contributed by atoms with Crippen LogP contribution in [-0.4, -0.2) is 11.6 Å². The Labute approximate surface area is 123 Å². The van der Waals surface area contributed by atoms with Crippen molar-refractivity contribution in [1.82, 2.24) is 0 Å². The van der Waals surface area contributed by atoms with E-state index in [2.05, 4.69) is 6.92 Å². The van der Waals surface area contributed by atoms with Gasteiger partial charge < -0.3 is 4.74 Å². The Bertz CT molecular complexity index is 391. The molecule has 0 aromatic heterocycles. The van der Waals surface area contributed by atoms with E-state index in [1.54, 1.807) is 0 Å². The third-order valence-electron chi connectivity index (χ3n) is 6.34. The molecule has 0 spiro atoms. The molecule has 0 saturated heterocycles. The molecule has 0 aliphatic heterocycles. The number of carbonyl (C=O) groups excluding carboxylic acids is 1. The van der Waals surface area contributed by atoms with E-state index in [0.717, 1.165) is 25.2 Å². The van der Waals surface area contributed by atoms with Crippen molar-refractivity contribution < 1.29 is 9.53 Å². The molecule has 0 aromatic carbocycles. The Morgan fingerprint density at radius 2 is 2.00 bits per heavy atom. The summed E-state index contributed by atoms with van der Waals surface area (Å²) in [6.45, 7) is 16.3. The Balaban J connectivity index is 1.72. The molecule has 0 heterocycles. The largest absolute Gasteiger partial charge is 0.459 e. The fraction of sp³-hybridized carbons (Fsp3) is 0.833. The Morgan fingerprint density at radius 3 is 2.45 bits per heavy atom. The molecular weight excluding hydrogens is 248 g/mol. The minimum Gasteiger partial charge on any atom is -0.459 e. The maximum absolute atomic E-state index is 12.7. The van der Waals surface area contributed by atoms with Crippen molar-refractivity contribution in [1.29, 1.82) is 0 Å². The third kappa shape index (κ3) is 2.10. The molecule has 7 atom stereocenters. The third-order valence-corrected chi connectivity index (χ3v) is 6.34. The molecule has 110 valence electrons. The van der Waals surface area contributed by atoms with Crippen LogP contribution < -0.4 is 0 Å². The van der Waals surface area contributed by atoms with Crippen LogP contribution >= 0.6 is 0 Å². The van der Waals surface area contributed by atoms with Crippen molar-refractivity contribution in [2.45, 2.75) is 58.0 Å². The van der Waals surface area contributed by atoms with Crippen LogP contribution in [0.3, 0.4) is 0 Å².